The summed E-state index contributed by atoms with van der Waals surface area (Å²) < 4.78 is 56.3. The predicted octanol–water partition coefficient (Wildman–Crippen LogP) is 3.82. The van der Waals surface area contributed by atoms with Gasteiger partial charge in [0.05, 0.1) is 41.7 Å². The zero-order chi connectivity index (χ0) is 26.9. The number of nitrogens with one attached hydrogen (secondary N) is 1. The minimum atomic E-state index is -3.70. The van der Waals surface area contributed by atoms with Crippen LogP contribution in [0.5, 0.6) is 17.2 Å². The number of amides is 1. The number of carbonyl (C=O) groups excluding carboxylic acids is 1. The van der Waals surface area contributed by atoms with Crippen molar-refractivity contribution in [2.45, 2.75) is 12.7 Å². The summed E-state index contributed by atoms with van der Waals surface area (Å²) in [5, 5.41) is 11.7. The number of ether oxygens (including phenoxy) is 3. The summed E-state index contributed by atoms with van der Waals surface area (Å²) in [4.78, 5) is 16.5. The van der Waals surface area contributed by atoms with E-state index in [1.165, 1.54) is 35.6 Å². The van der Waals surface area contributed by atoms with Gasteiger partial charge in [0.2, 0.25) is 10.0 Å². The number of fused-ring (bicyclic) bond motifs is 2. The quantitative estimate of drug-likeness (QED) is 0.335. The second kappa shape index (κ2) is 10.6. The Morgan fingerprint density at radius 2 is 1.97 bits per heavy atom. The molecule has 4 aromatic rings. The molecular weight excluding hydrogens is 535 g/mol. The van der Waals surface area contributed by atoms with Gasteiger partial charge >= 0.3 is 0 Å². The van der Waals surface area contributed by atoms with E-state index in [0.29, 0.717) is 33.3 Å². The third-order valence-electron chi connectivity index (χ3n) is 5.79. The van der Waals surface area contributed by atoms with E-state index >= 15 is 0 Å². The number of benzene rings is 3. The average Bonchev–Trinajstić information content (AvgIpc) is 3.28. The molecule has 0 bridgehead atoms. The maximum absolute atomic E-state index is 13.4. The highest BCUT2D eigenvalue weighted by atomic mass is 32.2. The Morgan fingerprint density at radius 1 is 1.16 bits per heavy atom. The highest BCUT2D eigenvalue weighted by Crippen LogP contribution is 2.38. The SMILES string of the molecule is CS(=O)(=O)NC(=O)c1cccc(OC[C@H]2COc3ccc(OCc4nc5cc(F)ccc5s4)cc3[C@H]2O)c1. The number of sulfonamides is 1. The molecule has 1 aromatic heterocycles. The topological polar surface area (TPSA) is 124 Å². The number of halogens is 1. The van der Waals surface area contributed by atoms with E-state index in [0.717, 1.165) is 11.0 Å². The second-order valence-corrected chi connectivity index (χ2v) is 11.6. The lowest BCUT2D eigenvalue weighted by Gasteiger charge is -2.30. The van der Waals surface area contributed by atoms with E-state index < -0.39 is 28.0 Å². The van der Waals surface area contributed by atoms with Crippen LogP contribution in [0.25, 0.3) is 10.2 Å². The van der Waals surface area contributed by atoms with Gasteiger partial charge in [-0.15, -0.1) is 11.3 Å². The van der Waals surface area contributed by atoms with Gasteiger partial charge in [-0.1, -0.05) is 6.07 Å². The monoisotopic (exact) mass is 558 g/mol. The first-order valence-electron chi connectivity index (χ1n) is 11.5. The molecule has 0 aliphatic carbocycles. The number of rotatable bonds is 8. The molecule has 9 nitrogen and oxygen atoms in total. The molecule has 3 aromatic carbocycles. The van der Waals surface area contributed by atoms with Gasteiger partial charge in [0.1, 0.15) is 34.7 Å². The van der Waals surface area contributed by atoms with Crippen molar-refractivity contribution in [2.75, 3.05) is 19.5 Å². The van der Waals surface area contributed by atoms with Crippen LogP contribution >= 0.6 is 11.3 Å². The van der Waals surface area contributed by atoms with Crippen molar-refractivity contribution in [1.82, 2.24) is 9.71 Å². The normalized spacial score (nSPS) is 16.9. The second-order valence-electron chi connectivity index (χ2n) is 8.77. The van der Waals surface area contributed by atoms with Crippen molar-refractivity contribution in [3.05, 3.63) is 82.6 Å². The van der Waals surface area contributed by atoms with Crippen LogP contribution in [0.15, 0.2) is 60.7 Å². The van der Waals surface area contributed by atoms with Gasteiger partial charge in [0.25, 0.3) is 5.91 Å². The fourth-order valence-corrected chi connectivity index (χ4v) is 5.29. The van der Waals surface area contributed by atoms with Crippen LogP contribution in [0.2, 0.25) is 0 Å². The number of aliphatic hydroxyl groups excluding tert-OH is 1. The molecule has 0 spiro atoms. The van der Waals surface area contributed by atoms with Gasteiger partial charge in [-0.05, 0) is 48.5 Å². The molecule has 5 rings (SSSR count). The highest BCUT2D eigenvalue weighted by Gasteiger charge is 2.30. The summed E-state index contributed by atoms with van der Waals surface area (Å²) in [5.41, 5.74) is 1.25. The molecule has 1 aliphatic heterocycles. The Morgan fingerprint density at radius 3 is 2.79 bits per heavy atom. The van der Waals surface area contributed by atoms with Crippen molar-refractivity contribution in [1.29, 1.82) is 0 Å². The number of thiazole rings is 1. The largest absolute Gasteiger partial charge is 0.493 e. The molecule has 38 heavy (non-hydrogen) atoms. The van der Waals surface area contributed by atoms with Crippen molar-refractivity contribution >= 4 is 37.5 Å². The maximum Gasteiger partial charge on any atom is 0.264 e. The number of nitrogens with zero attached hydrogens (tertiary/aromatic N) is 1. The van der Waals surface area contributed by atoms with Gasteiger partial charge in [-0.3, -0.25) is 4.79 Å². The zero-order valence-corrected chi connectivity index (χ0v) is 21.7. The smallest absolute Gasteiger partial charge is 0.264 e. The van der Waals surface area contributed by atoms with Crippen molar-refractivity contribution in [2.24, 2.45) is 5.92 Å². The first kappa shape index (κ1) is 25.9. The van der Waals surface area contributed by atoms with Crippen molar-refractivity contribution < 1.29 is 36.9 Å². The van der Waals surface area contributed by atoms with Crippen LogP contribution < -0.4 is 18.9 Å². The highest BCUT2D eigenvalue weighted by molar-refractivity contribution is 7.89. The molecule has 2 N–H and O–H groups in total. The molecule has 0 saturated carbocycles. The fourth-order valence-electron chi connectivity index (χ4n) is 3.97. The molecule has 1 amide bonds. The molecule has 0 radical (unpaired) electrons. The minimum absolute atomic E-state index is 0.0884. The van der Waals surface area contributed by atoms with E-state index in [2.05, 4.69) is 4.98 Å². The molecular formula is C26H23FN2O7S2. The standard InChI is InChI=1S/C26H23FN2O7S2/c1-38(32,33)29-26(31)15-3-2-4-18(9-15)34-12-16-13-36-22-7-6-19(11-20(22)25(16)30)35-14-24-28-21-10-17(27)5-8-23(21)37-24/h2-11,16,25,30H,12-14H2,1H3,(H,29,31)/t16-,25-/m0/s1. The third kappa shape index (κ3) is 6.04. The van der Waals surface area contributed by atoms with Gasteiger partial charge in [0, 0.05) is 17.2 Å². The summed E-state index contributed by atoms with van der Waals surface area (Å²) in [6.07, 6.45) is -0.00262. The van der Waals surface area contributed by atoms with Crippen LogP contribution in [-0.2, 0) is 16.6 Å². The number of aliphatic hydroxyl groups is 1. The summed E-state index contributed by atoms with van der Waals surface area (Å²) in [6, 6.07) is 15.7. The Kier molecular flexibility index (Phi) is 7.19. The molecule has 198 valence electrons. The van der Waals surface area contributed by atoms with E-state index in [9.17, 15) is 22.7 Å². The van der Waals surface area contributed by atoms with Gasteiger partial charge < -0.3 is 19.3 Å². The molecule has 2 atom stereocenters. The Hall–Kier alpha value is -3.74. The Labute approximate surface area is 221 Å². The fraction of sp³-hybridized carbons (Fsp3) is 0.231. The first-order valence-corrected chi connectivity index (χ1v) is 14.2. The molecule has 1 aliphatic rings. The molecule has 12 heteroatoms. The Balaban J connectivity index is 1.22. The number of carbonyl (C=O) groups is 1. The molecule has 0 unspecified atom stereocenters. The summed E-state index contributed by atoms with van der Waals surface area (Å²) in [6.45, 7) is 0.489. The van der Waals surface area contributed by atoms with Gasteiger partial charge in [0.15, 0.2) is 0 Å². The van der Waals surface area contributed by atoms with Crippen LogP contribution in [0.3, 0.4) is 0 Å². The summed E-state index contributed by atoms with van der Waals surface area (Å²) in [5.74, 6) is -0.123. The molecule has 0 saturated heterocycles. The van der Waals surface area contributed by atoms with Crippen LogP contribution in [-0.4, -0.2) is 43.9 Å². The lowest BCUT2D eigenvalue weighted by Crippen LogP contribution is -2.31. The molecule has 2 heterocycles. The van der Waals surface area contributed by atoms with Crippen LogP contribution in [0.1, 0.15) is 27.0 Å². The minimum Gasteiger partial charge on any atom is -0.493 e. The van der Waals surface area contributed by atoms with Crippen molar-refractivity contribution in [3.8, 4) is 17.2 Å². The van der Waals surface area contributed by atoms with Crippen molar-refractivity contribution in [3.63, 3.8) is 0 Å². The lowest BCUT2D eigenvalue weighted by atomic mass is 9.93. The number of hydrogen-bond acceptors (Lipinski definition) is 9. The Bertz CT molecular complexity index is 1610. The average molecular weight is 559 g/mol. The first-order chi connectivity index (χ1) is 18.1. The van der Waals surface area contributed by atoms with E-state index in [-0.39, 0.29) is 31.2 Å². The van der Waals surface area contributed by atoms with E-state index in [1.54, 1.807) is 36.4 Å². The van der Waals surface area contributed by atoms with Crippen LogP contribution in [0.4, 0.5) is 4.39 Å². The summed E-state index contributed by atoms with van der Waals surface area (Å²) >= 11 is 1.42. The van der Waals surface area contributed by atoms with Gasteiger partial charge in [-0.25, -0.2) is 22.5 Å². The predicted molar refractivity (Wildman–Crippen MR) is 139 cm³/mol. The number of hydrogen-bond donors (Lipinski definition) is 2. The van der Waals surface area contributed by atoms with E-state index in [4.69, 9.17) is 14.2 Å². The maximum atomic E-state index is 13.4. The van der Waals surface area contributed by atoms with Gasteiger partial charge in [-0.2, -0.15) is 0 Å². The van der Waals surface area contributed by atoms with Crippen LogP contribution in [0, 0.1) is 11.7 Å². The molecule has 0 fully saturated rings. The zero-order valence-electron chi connectivity index (χ0n) is 20.1. The summed E-state index contributed by atoms with van der Waals surface area (Å²) in [7, 11) is -3.70. The lowest BCUT2D eigenvalue weighted by molar-refractivity contribution is 0.0240. The number of aromatic nitrogens is 1. The van der Waals surface area contributed by atoms with E-state index in [1.807, 2.05) is 4.72 Å². The third-order valence-corrected chi connectivity index (χ3v) is 7.36.